The molecule has 0 aliphatic rings. The Kier molecular flexibility index (Phi) is 3.96. The van der Waals surface area contributed by atoms with Crippen molar-refractivity contribution >= 4 is 38.6 Å². The quantitative estimate of drug-likeness (QED) is 0.514. The van der Waals surface area contributed by atoms with Gasteiger partial charge in [-0.1, -0.05) is 0 Å². The second-order valence-electron chi connectivity index (χ2n) is 5.35. The van der Waals surface area contributed by atoms with Gasteiger partial charge in [-0.05, 0) is 0 Å². The number of fused-ring (bicyclic) bond motifs is 1. The van der Waals surface area contributed by atoms with Crippen molar-refractivity contribution in [2.24, 2.45) is 0 Å². The first-order valence-corrected chi connectivity index (χ1v) is 10.5. The summed E-state index contributed by atoms with van der Waals surface area (Å²) in [6, 6.07) is 32.5. The molecule has 1 aromatic heterocycles. The topological polar surface area (TPSA) is 12.9 Å². The second-order valence-corrected chi connectivity index (χ2v) is 9.94. The van der Waals surface area contributed by atoms with Crippen LogP contribution in [0.3, 0.4) is 0 Å². The first-order valence-electron chi connectivity index (χ1n) is 7.67. The second kappa shape index (κ2) is 6.40. The summed E-state index contributed by atoms with van der Waals surface area (Å²) in [7, 11) is 0. The predicted molar refractivity (Wildman–Crippen MR) is 99.3 cm³/mol. The van der Waals surface area contributed by atoms with Crippen LogP contribution in [0, 0.1) is 0 Å². The molecule has 0 amide bonds. The maximum atomic E-state index is 4.53. The van der Waals surface area contributed by atoms with Gasteiger partial charge < -0.3 is 0 Å². The van der Waals surface area contributed by atoms with Gasteiger partial charge in [0, 0.05) is 0 Å². The van der Waals surface area contributed by atoms with E-state index in [0.717, 1.165) is 5.52 Å². The van der Waals surface area contributed by atoms with Crippen LogP contribution >= 0.6 is 0 Å². The molecule has 0 aliphatic heterocycles. The zero-order valence-corrected chi connectivity index (χ0v) is 14.5. The standard InChI is InChI=1S/C21H16AsN/c1-3-9-17(10-4-1)22(18-11-5-2-6-12-18)20-15-16-23-21-14-8-7-13-19(20)21/h1-16H. The van der Waals surface area contributed by atoms with Crippen LogP contribution < -0.4 is 13.1 Å². The summed E-state index contributed by atoms with van der Waals surface area (Å²) in [5, 5.41) is 1.28. The van der Waals surface area contributed by atoms with E-state index in [4.69, 9.17) is 0 Å². The van der Waals surface area contributed by atoms with Crippen LogP contribution in [-0.2, 0) is 0 Å². The van der Waals surface area contributed by atoms with Crippen molar-refractivity contribution in [3.05, 3.63) is 97.2 Å². The summed E-state index contributed by atoms with van der Waals surface area (Å²) in [6.07, 6.45) is 1.95. The predicted octanol–water partition coefficient (Wildman–Crippen LogP) is 2.75. The SMILES string of the molecule is c1ccc([As](c2ccccc2)c2ccnc3ccccc23)cc1. The monoisotopic (exact) mass is 357 g/mol. The molecule has 0 aliphatic carbocycles. The van der Waals surface area contributed by atoms with Crippen LogP contribution in [0.25, 0.3) is 10.9 Å². The van der Waals surface area contributed by atoms with E-state index in [2.05, 4.69) is 96.0 Å². The van der Waals surface area contributed by atoms with Crippen molar-refractivity contribution in [1.82, 2.24) is 4.98 Å². The van der Waals surface area contributed by atoms with Crippen molar-refractivity contribution in [1.29, 1.82) is 0 Å². The van der Waals surface area contributed by atoms with Crippen LogP contribution in [0.2, 0.25) is 0 Å². The number of nitrogens with zero attached hydrogens (tertiary/aromatic N) is 1. The van der Waals surface area contributed by atoms with Gasteiger partial charge in [-0.3, -0.25) is 0 Å². The van der Waals surface area contributed by atoms with Gasteiger partial charge >= 0.3 is 141 Å². The summed E-state index contributed by atoms with van der Waals surface area (Å²) in [6.45, 7) is 0. The number of rotatable bonds is 3. The Morgan fingerprint density at radius 3 is 1.78 bits per heavy atom. The first kappa shape index (κ1) is 14.2. The van der Waals surface area contributed by atoms with E-state index < -0.39 is 14.7 Å². The van der Waals surface area contributed by atoms with Gasteiger partial charge in [0.25, 0.3) is 0 Å². The van der Waals surface area contributed by atoms with Crippen LogP contribution in [0.4, 0.5) is 0 Å². The molecule has 0 N–H and O–H groups in total. The fraction of sp³-hybridized carbons (Fsp3) is 0. The van der Waals surface area contributed by atoms with Crippen LogP contribution in [0.1, 0.15) is 0 Å². The molecule has 2 heteroatoms. The summed E-state index contributed by atoms with van der Waals surface area (Å²) in [4.78, 5) is 4.53. The Morgan fingerprint density at radius 2 is 1.13 bits per heavy atom. The summed E-state index contributed by atoms with van der Waals surface area (Å²) in [5.41, 5.74) is 1.08. The molecule has 0 unspecified atom stereocenters. The third-order valence-electron chi connectivity index (χ3n) is 3.90. The van der Waals surface area contributed by atoms with Crippen LogP contribution in [-0.4, -0.2) is 19.6 Å². The molecule has 0 spiro atoms. The van der Waals surface area contributed by atoms with Gasteiger partial charge in [0.15, 0.2) is 0 Å². The van der Waals surface area contributed by atoms with Crippen LogP contribution in [0.5, 0.6) is 0 Å². The molecule has 4 rings (SSSR count). The average molecular weight is 357 g/mol. The molecular formula is C21H16AsN. The fourth-order valence-electron chi connectivity index (χ4n) is 2.86. The fourth-order valence-corrected chi connectivity index (χ4v) is 7.98. The van der Waals surface area contributed by atoms with E-state index in [1.807, 2.05) is 6.20 Å². The van der Waals surface area contributed by atoms with Crippen molar-refractivity contribution < 1.29 is 0 Å². The molecular weight excluding hydrogens is 341 g/mol. The first-order chi connectivity index (χ1) is 11.4. The van der Waals surface area contributed by atoms with E-state index >= 15 is 0 Å². The van der Waals surface area contributed by atoms with Crippen molar-refractivity contribution in [2.75, 3.05) is 0 Å². The Bertz CT molecular complexity index is 875. The van der Waals surface area contributed by atoms with Crippen molar-refractivity contribution in [2.45, 2.75) is 0 Å². The summed E-state index contributed by atoms with van der Waals surface area (Å²) < 4.78 is 4.34. The van der Waals surface area contributed by atoms with E-state index in [1.54, 1.807) is 0 Å². The van der Waals surface area contributed by atoms with Gasteiger partial charge in [0.2, 0.25) is 0 Å². The third kappa shape index (κ3) is 2.81. The molecule has 0 radical (unpaired) electrons. The average Bonchev–Trinajstić information content (AvgIpc) is 2.64. The van der Waals surface area contributed by atoms with E-state index in [0.29, 0.717) is 0 Å². The van der Waals surface area contributed by atoms with E-state index in [-0.39, 0.29) is 0 Å². The zero-order valence-electron chi connectivity index (χ0n) is 12.6. The molecule has 110 valence electrons. The maximum absolute atomic E-state index is 4.53. The Morgan fingerprint density at radius 1 is 0.565 bits per heavy atom. The van der Waals surface area contributed by atoms with Gasteiger partial charge in [0.1, 0.15) is 0 Å². The number of hydrogen-bond donors (Lipinski definition) is 0. The Hall–Kier alpha value is -2.37. The van der Waals surface area contributed by atoms with Gasteiger partial charge in [-0.2, -0.15) is 0 Å². The van der Waals surface area contributed by atoms with Gasteiger partial charge in [-0.25, -0.2) is 0 Å². The summed E-state index contributed by atoms with van der Waals surface area (Å²) >= 11 is -1.58. The minimum atomic E-state index is -1.58. The molecule has 0 saturated carbocycles. The third-order valence-corrected chi connectivity index (χ3v) is 9.14. The molecule has 0 fully saturated rings. The Labute approximate surface area is 140 Å². The van der Waals surface area contributed by atoms with E-state index in [9.17, 15) is 0 Å². The molecule has 4 aromatic rings. The molecule has 1 nitrogen and oxygen atoms in total. The number of aromatic nitrogens is 1. The molecule has 0 bridgehead atoms. The van der Waals surface area contributed by atoms with Crippen molar-refractivity contribution in [3.8, 4) is 0 Å². The van der Waals surface area contributed by atoms with Crippen molar-refractivity contribution in [3.63, 3.8) is 0 Å². The van der Waals surface area contributed by atoms with Gasteiger partial charge in [-0.15, -0.1) is 0 Å². The number of para-hydroxylation sites is 1. The van der Waals surface area contributed by atoms with Crippen LogP contribution in [0.15, 0.2) is 97.2 Å². The molecule has 23 heavy (non-hydrogen) atoms. The number of hydrogen-bond acceptors (Lipinski definition) is 1. The molecule has 3 aromatic carbocycles. The van der Waals surface area contributed by atoms with E-state index in [1.165, 1.54) is 18.4 Å². The number of pyridine rings is 1. The molecule has 0 saturated heterocycles. The minimum absolute atomic E-state index is 1.08. The number of benzene rings is 3. The summed E-state index contributed by atoms with van der Waals surface area (Å²) in [5.74, 6) is 0. The Balaban J connectivity index is 1.98. The van der Waals surface area contributed by atoms with Gasteiger partial charge in [0.05, 0.1) is 0 Å². The molecule has 0 atom stereocenters. The zero-order chi connectivity index (χ0) is 15.5. The normalized spacial score (nSPS) is 11.0. The molecule has 1 heterocycles.